The van der Waals surface area contributed by atoms with Crippen molar-refractivity contribution in [2.75, 3.05) is 7.11 Å². The normalized spacial score (nSPS) is 8.77. The quantitative estimate of drug-likeness (QED) is 0.529. The number of H-pyrrole nitrogens is 1. The second-order valence-corrected chi connectivity index (χ2v) is 2.45. The zero-order valence-corrected chi connectivity index (χ0v) is 7.84. The average Bonchev–Trinajstić information content (AvgIpc) is 2.16. The van der Waals surface area contributed by atoms with E-state index < -0.39 is 0 Å². The van der Waals surface area contributed by atoms with Gasteiger partial charge in [0.15, 0.2) is 6.20 Å². The summed E-state index contributed by atoms with van der Waals surface area (Å²) in [7, 11) is 1.34. The van der Waals surface area contributed by atoms with Gasteiger partial charge in [-0.15, -0.1) is 11.6 Å². The van der Waals surface area contributed by atoms with Crippen LogP contribution in [0.2, 0.25) is 0 Å². The molecule has 13 heavy (non-hydrogen) atoms. The first-order valence-corrected chi connectivity index (χ1v) is 3.97. The first kappa shape index (κ1) is 11.9. The summed E-state index contributed by atoms with van der Waals surface area (Å²) in [5, 5.41) is 0. The highest BCUT2D eigenvalue weighted by molar-refractivity contribution is 6.17. The lowest BCUT2D eigenvalue weighted by molar-refractivity contribution is -0.388. The van der Waals surface area contributed by atoms with Crippen molar-refractivity contribution in [3.8, 4) is 0 Å². The number of rotatable bonds is 2. The van der Waals surface area contributed by atoms with Crippen molar-refractivity contribution >= 4 is 17.6 Å². The number of hydrogen-bond acceptors (Lipinski definition) is 3. The largest absolute Gasteiger partial charge is 0.870 e. The molecule has 0 aliphatic rings. The molecule has 1 aromatic rings. The van der Waals surface area contributed by atoms with Gasteiger partial charge in [-0.1, -0.05) is 0 Å². The number of methoxy groups -OCH3 is 1. The highest BCUT2D eigenvalue weighted by Gasteiger charge is 2.15. The predicted molar refractivity (Wildman–Crippen MR) is 45.8 cm³/mol. The highest BCUT2D eigenvalue weighted by atomic mass is 35.5. The number of aromatic nitrogens is 1. The number of pyridine rings is 1. The Morgan fingerprint density at radius 3 is 2.92 bits per heavy atom. The van der Waals surface area contributed by atoms with Crippen LogP contribution in [0.15, 0.2) is 18.3 Å². The molecule has 0 unspecified atom stereocenters. The molecule has 0 saturated heterocycles. The molecule has 0 spiro atoms. The van der Waals surface area contributed by atoms with E-state index in [1.165, 1.54) is 7.11 Å². The molecule has 0 aliphatic carbocycles. The van der Waals surface area contributed by atoms with Crippen LogP contribution >= 0.6 is 11.6 Å². The summed E-state index contributed by atoms with van der Waals surface area (Å²) in [6.07, 6.45) is 1.71. The molecule has 0 atom stereocenters. The number of halogens is 1. The number of hydrogen-bond donors (Lipinski definition) is 0. The van der Waals surface area contributed by atoms with Crippen molar-refractivity contribution in [2.45, 2.75) is 5.88 Å². The Bertz CT molecular complexity index is 290. The molecule has 2 N–H and O–H groups in total. The lowest BCUT2D eigenvalue weighted by Gasteiger charge is -1.97. The van der Waals surface area contributed by atoms with Crippen molar-refractivity contribution in [1.82, 2.24) is 0 Å². The van der Waals surface area contributed by atoms with Crippen molar-refractivity contribution in [2.24, 2.45) is 0 Å². The molecular weight excluding hydrogens is 194 g/mol. The molecule has 5 heteroatoms. The first-order chi connectivity index (χ1) is 5.79. The average molecular weight is 204 g/mol. The van der Waals surface area contributed by atoms with E-state index in [-0.39, 0.29) is 17.3 Å². The lowest BCUT2D eigenvalue weighted by atomic mass is 10.2. The minimum Gasteiger partial charge on any atom is -0.870 e. The van der Waals surface area contributed by atoms with Crippen LogP contribution in [0.4, 0.5) is 0 Å². The molecule has 0 fully saturated rings. The van der Waals surface area contributed by atoms with E-state index >= 15 is 0 Å². The summed E-state index contributed by atoms with van der Waals surface area (Å²) >= 11 is 5.59. The summed E-state index contributed by atoms with van der Waals surface area (Å²) in [6.45, 7) is 0. The van der Waals surface area contributed by atoms with Crippen molar-refractivity contribution in [3.05, 3.63) is 29.6 Å². The fourth-order valence-electron chi connectivity index (χ4n) is 0.883. The Hall–Kier alpha value is -1.13. The van der Waals surface area contributed by atoms with Crippen molar-refractivity contribution in [1.29, 1.82) is 0 Å². The van der Waals surface area contributed by atoms with E-state index in [9.17, 15) is 4.79 Å². The SMILES string of the molecule is COC(=O)c1ccc[nH+]c1CCl.[OH-]. The standard InChI is InChI=1S/C8H8ClNO2.H2O/c1-12-8(11)6-3-2-4-10-7(6)5-9;/h2-4H,5H2,1H3;1H2. The summed E-state index contributed by atoms with van der Waals surface area (Å²) < 4.78 is 4.56. The number of ether oxygens (including phenoxy) is 1. The molecule has 0 aliphatic heterocycles. The Labute approximate surface area is 80.8 Å². The number of esters is 1. The smallest absolute Gasteiger partial charge is 0.344 e. The maximum Gasteiger partial charge on any atom is 0.344 e. The van der Waals surface area contributed by atoms with Gasteiger partial charge in [-0.05, 0) is 6.07 Å². The summed E-state index contributed by atoms with van der Waals surface area (Å²) in [6, 6.07) is 3.39. The van der Waals surface area contributed by atoms with Gasteiger partial charge in [0.1, 0.15) is 11.4 Å². The van der Waals surface area contributed by atoms with Crippen LogP contribution in [0.1, 0.15) is 16.1 Å². The summed E-state index contributed by atoms with van der Waals surface area (Å²) in [5.74, 6) is -0.104. The maximum atomic E-state index is 11.1. The second kappa shape index (κ2) is 5.50. The zero-order chi connectivity index (χ0) is 8.97. The number of nitrogens with one attached hydrogen (secondary N) is 1. The number of aromatic amines is 1. The van der Waals surface area contributed by atoms with E-state index in [1.807, 2.05) is 0 Å². The van der Waals surface area contributed by atoms with Crippen LogP contribution in [0, 0.1) is 0 Å². The van der Waals surface area contributed by atoms with Crippen LogP contribution in [0.3, 0.4) is 0 Å². The third kappa shape index (κ3) is 2.68. The van der Waals surface area contributed by atoms with Gasteiger partial charge >= 0.3 is 5.97 Å². The molecule has 0 aromatic carbocycles. The Balaban J connectivity index is 0.00000144. The molecular formula is C8H10ClNO3. The van der Waals surface area contributed by atoms with Gasteiger partial charge in [-0.3, -0.25) is 0 Å². The van der Waals surface area contributed by atoms with Crippen LogP contribution in [0.5, 0.6) is 0 Å². The van der Waals surface area contributed by atoms with Gasteiger partial charge < -0.3 is 10.2 Å². The van der Waals surface area contributed by atoms with E-state index in [4.69, 9.17) is 11.6 Å². The third-order valence-electron chi connectivity index (χ3n) is 1.48. The fraction of sp³-hybridized carbons (Fsp3) is 0.250. The second-order valence-electron chi connectivity index (χ2n) is 2.19. The number of carbonyl (C=O) groups is 1. The van der Waals surface area contributed by atoms with Crippen molar-refractivity contribution in [3.63, 3.8) is 0 Å². The first-order valence-electron chi connectivity index (χ1n) is 3.43. The van der Waals surface area contributed by atoms with Gasteiger partial charge in [0.05, 0.1) is 7.11 Å². The van der Waals surface area contributed by atoms with Gasteiger partial charge in [0, 0.05) is 6.07 Å². The number of alkyl halides is 1. The van der Waals surface area contributed by atoms with E-state index in [0.717, 1.165) is 0 Å². The molecule has 0 bridgehead atoms. The van der Waals surface area contributed by atoms with Crippen molar-refractivity contribution < 1.29 is 20.0 Å². The van der Waals surface area contributed by atoms with Gasteiger partial charge in [-0.25, -0.2) is 9.78 Å². The molecule has 0 amide bonds. The minimum atomic E-state index is -0.373. The van der Waals surface area contributed by atoms with Crippen LogP contribution < -0.4 is 4.98 Å². The molecule has 1 rings (SSSR count). The maximum absolute atomic E-state index is 11.1. The predicted octanol–water partition coefficient (Wildman–Crippen LogP) is 0.849. The topological polar surface area (TPSA) is 70.4 Å². The highest BCUT2D eigenvalue weighted by Crippen LogP contribution is 2.05. The van der Waals surface area contributed by atoms with E-state index in [1.54, 1.807) is 18.3 Å². The molecule has 1 aromatic heterocycles. The van der Waals surface area contributed by atoms with E-state index in [2.05, 4.69) is 9.72 Å². The molecule has 0 radical (unpaired) electrons. The Kier molecular flexibility index (Phi) is 5.03. The summed E-state index contributed by atoms with van der Waals surface area (Å²) in [4.78, 5) is 14.0. The Morgan fingerprint density at radius 1 is 1.69 bits per heavy atom. The fourth-order valence-corrected chi connectivity index (χ4v) is 1.10. The number of carbonyl (C=O) groups excluding carboxylic acids is 1. The van der Waals surface area contributed by atoms with E-state index in [0.29, 0.717) is 11.3 Å². The lowest BCUT2D eigenvalue weighted by Crippen LogP contribution is -2.16. The van der Waals surface area contributed by atoms with Crippen LogP contribution in [-0.2, 0) is 10.6 Å². The van der Waals surface area contributed by atoms with Gasteiger partial charge in [-0.2, -0.15) is 0 Å². The summed E-state index contributed by atoms with van der Waals surface area (Å²) in [5.41, 5.74) is 1.15. The van der Waals surface area contributed by atoms with Crippen LogP contribution in [-0.4, -0.2) is 18.6 Å². The monoisotopic (exact) mass is 203 g/mol. The minimum absolute atomic E-state index is 0. The molecule has 1 heterocycles. The van der Waals surface area contributed by atoms with Gasteiger partial charge in [0.25, 0.3) is 0 Å². The zero-order valence-electron chi connectivity index (χ0n) is 7.08. The van der Waals surface area contributed by atoms with Crippen LogP contribution in [0.25, 0.3) is 0 Å². The molecule has 4 nitrogen and oxygen atoms in total. The third-order valence-corrected chi connectivity index (χ3v) is 1.75. The molecule has 72 valence electrons. The Morgan fingerprint density at radius 2 is 2.38 bits per heavy atom. The van der Waals surface area contributed by atoms with Gasteiger partial charge in [0.2, 0.25) is 5.69 Å². The molecule has 0 saturated carbocycles.